The molecular weight excluding hydrogens is 520 g/mol. The van der Waals surface area contributed by atoms with Crippen LogP contribution in [0.5, 0.6) is 0 Å². The molecule has 0 fully saturated rings. The van der Waals surface area contributed by atoms with Crippen molar-refractivity contribution in [3.05, 3.63) is 57.6 Å². The van der Waals surface area contributed by atoms with Crippen LogP contribution >= 0.6 is 15.9 Å². The molecule has 2 aromatic rings. The maximum absolute atomic E-state index is 12.5. The fraction of sp³-hybridized carbons (Fsp3) is 0.440. The van der Waals surface area contributed by atoms with Crippen molar-refractivity contribution >= 4 is 44.3 Å². The first-order chi connectivity index (χ1) is 15.9. The molecule has 2 amide bonds. The van der Waals surface area contributed by atoms with E-state index in [-0.39, 0.29) is 17.3 Å². The Morgan fingerprint density at radius 1 is 1.06 bits per heavy atom. The molecular formula is C25H33BrN2O5S. The van der Waals surface area contributed by atoms with Crippen molar-refractivity contribution in [1.29, 1.82) is 0 Å². The number of hydrogen-bond acceptors (Lipinski definition) is 5. The average molecular weight is 554 g/mol. The summed E-state index contributed by atoms with van der Waals surface area (Å²) in [6.07, 6.45) is 2.19. The Kier molecular flexibility index (Phi) is 10.1. The topological polar surface area (TPSA) is 92.8 Å². The van der Waals surface area contributed by atoms with E-state index in [0.717, 1.165) is 17.3 Å². The summed E-state index contributed by atoms with van der Waals surface area (Å²) >= 11 is 3.49. The number of hydrogen-bond donors (Lipinski definition) is 2. The molecule has 34 heavy (non-hydrogen) atoms. The molecule has 1 N–H and O–H groups in total. The maximum atomic E-state index is 12.5. The fourth-order valence-electron chi connectivity index (χ4n) is 3.46. The zero-order valence-electron chi connectivity index (χ0n) is 20.3. The molecule has 0 aromatic heterocycles. The Labute approximate surface area is 212 Å². The fourth-order valence-corrected chi connectivity index (χ4v) is 4.43. The van der Waals surface area contributed by atoms with E-state index in [0.29, 0.717) is 24.1 Å². The zero-order valence-corrected chi connectivity index (χ0v) is 22.8. The van der Waals surface area contributed by atoms with Crippen LogP contribution in [-0.4, -0.2) is 38.0 Å². The standard InChI is InChI=1S/C25H33BrN2O5S/c1-6-17-14-20(26)11-10-18(17)8-7-9-23(29)27-21-12-13-22(34(31)32)19(15-21)16-28(5)24(30)33-25(2,3)4/h10-15,34H,6-9,16H2,1-5H3,(H,27,29). The van der Waals surface area contributed by atoms with Gasteiger partial charge in [0.25, 0.3) is 0 Å². The van der Waals surface area contributed by atoms with Gasteiger partial charge in [-0.2, -0.15) is 0 Å². The van der Waals surface area contributed by atoms with E-state index in [1.165, 1.54) is 29.1 Å². The minimum atomic E-state index is -2.86. The number of ether oxygens (including phenoxy) is 1. The van der Waals surface area contributed by atoms with Gasteiger partial charge in [-0.15, -0.1) is 0 Å². The Morgan fingerprint density at radius 2 is 1.76 bits per heavy atom. The van der Waals surface area contributed by atoms with Gasteiger partial charge in [-0.1, -0.05) is 28.9 Å². The first-order valence-electron chi connectivity index (χ1n) is 11.2. The van der Waals surface area contributed by atoms with Crippen molar-refractivity contribution in [2.75, 3.05) is 12.4 Å². The number of nitrogens with zero attached hydrogens (tertiary/aromatic N) is 1. The second kappa shape index (κ2) is 12.4. The van der Waals surface area contributed by atoms with Gasteiger partial charge in [-0.3, -0.25) is 4.79 Å². The van der Waals surface area contributed by atoms with E-state index in [4.69, 9.17) is 4.74 Å². The zero-order chi connectivity index (χ0) is 25.5. The molecule has 0 heterocycles. The summed E-state index contributed by atoms with van der Waals surface area (Å²) in [6, 6.07) is 10.8. The van der Waals surface area contributed by atoms with Crippen molar-refractivity contribution in [3.63, 3.8) is 0 Å². The molecule has 2 rings (SSSR count). The van der Waals surface area contributed by atoms with Crippen molar-refractivity contribution < 1.29 is 22.7 Å². The van der Waals surface area contributed by atoms with Crippen LogP contribution in [0.3, 0.4) is 0 Å². The highest BCUT2D eigenvalue weighted by Gasteiger charge is 2.21. The van der Waals surface area contributed by atoms with Gasteiger partial charge < -0.3 is 15.0 Å². The lowest BCUT2D eigenvalue weighted by Gasteiger charge is -2.25. The molecule has 0 saturated carbocycles. The molecule has 0 aliphatic carbocycles. The molecule has 0 saturated heterocycles. The number of carbonyl (C=O) groups is 2. The monoisotopic (exact) mass is 552 g/mol. The maximum Gasteiger partial charge on any atom is 0.410 e. The molecule has 7 nitrogen and oxygen atoms in total. The average Bonchev–Trinajstić information content (AvgIpc) is 2.73. The lowest BCUT2D eigenvalue weighted by atomic mass is 10.00. The van der Waals surface area contributed by atoms with E-state index in [1.54, 1.807) is 32.9 Å². The third-order valence-electron chi connectivity index (χ3n) is 5.07. The van der Waals surface area contributed by atoms with Gasteiger partial charge in [0.1, 0.15) is 5.60 Å². The molecule has 0 bridgehead atoms. The summed E-state index contributed by atoms with van der Waals surface area (Å²) in [5.41, 5.74) is 2.72. The van der Waals surface area contributed by atoms with Crippen LogP contribution in [0, 0.1) is 0 Å². The van der Waals surface area contributed by atoms with Crippen molar-refractivity contribution in [2.24, 2.45) is 0 Å². The number of benzene rings is 2. The van der Waals surface area contributed by atoms with Gasteiger partial charge in [0, 0.05) is 23.6 Å². The summed E-state index contributed by atoms with van der Waals surface area (Å²) in [7, 11) is -1.33. The third-order valence-corrected chi connectivity index (χ3v) is 6.39. The highest BCUT2D eigenvalue weighted by atomic mass is 79.9. The Hall–Kier alpha value is -2.39. The molecule has 2 aromatic carbocycles. The Balaban J connectivity index is 2.04. The number of thiol groups is 1. The molecule has 9 heteroatoms. The van der Waals surface area contributed by atoms with E-state index < -0.39 is 22.4 Å². The van der Waals surface area contributed by atoms with Gasteiger partial charge in [-0.25, -0.2) is 13.2 Å². The molecule has 0 unspecified atom stereocenters. The van der Waals surface area contributed by atoms with E-state index >= 15 is 0 Å². The van der Waals surface area contributed by atoms with Crippen LogP contribution in [0.25, 0.3) is 0 Å². The summed E-state index contributed by atoms with van der Waals surface area (Å²) < 4.78 is 29.8. The first-order valence-corrected chi connectivity index (χ1v) is 13.1. The lowest BCUT2D eigenvalue weighted by molar-refractivity contribution is -0.116. The molecule has 0 radical (unpaired) electrons. The second-order valence-corrected chi connectivity index (χ2v) is 11.0. The second-order valence-electron chi connectivity index (χ2n) is 9.11. The number of aryl methyl sites for hydroxylation is 2. The predicted molar refractivity (Wildman–Crippen MR) is 138 cm³/mol. The first kappa shape index (κ1) is 27.9. The normalized spacial score (nSPS) is 11.4. The van der Waals surface area contributed by atoms with Gasteiger partial charge >= 0.3 is 6.09 Å². The minimum absolute atomic E-state index is 0.0284. The van der Waals surface area contributed by atoms with Crippen molar-refractivity contribution in [3.8, 4) is 0 Å². The van der Waals surface area contributed by atoms with E-state index in [9.17, 15) is 18.0 Å². The minimum Gasteiger partial charge on any atom is -0.444 e. The van der Waals surface area contributed by atoms with Gasteiger partial charge in [-0.05, 0) is 87.1 Å². The summed E-state index contributed by atoms with van der Waals surface area (Å²) in [5, 5.41) is 2.84. The van der Waals surface area contributed by atoms with Gasteiger partial charge in [0.2, 0.25) is 5.91 Å². The van der Waals surface area contributed by atoms with Crippen molar-refractivity contribution in [2.45, 2.75) is 70.4 Å². The van der Waals surface area contributed by atoms with Crippen LogP contribution in [-0.2, 0) is 39.6 Å². The van der Waals surface area contributed by atoms with Gasteiger partial charge in [0.05, 0.1) is 11.4 Å². The highest BCUT2D eigenvalue weighted by molar-refractivity contribution is 9.10. The summed E-state index contributed by atoms with van der Waals surface area (Å²) in [6.45, 7) is 7.41. The molecule has 186 valence electrons. The Morgan fingerprint density at radius 3 is 2.38 bits per heavy atom. The van der Waals surface area contributed by atoms with Crippen molar-refractivity contribution in [1.82, 2.24) is 4.90 Å². The molecule has 0 atom stereocenters. The van der Waals surface area contributed by atoms with Crippen LogP contribution in [0.2, 0.25) is 0 Å². The van der Waals surface area contributed by atoms with Crippen LogP contribution < -0.4 is 5.32 Å². The summed E-state index contributed by atoms with van der Waals surface area (Å²) in [4.78, 5) is 26.2. The lowest BCUT2D eigenvalue weighted by Crippen LogP contribution is -2.34. The molecule has 0 aliphatic heterocycles. The number of anilines is 1. The largest absolute Gasteiger partial charge is 0.444 e. The van der Waals surface area contributed by atoms with Gasteiger partial charge in [0.15, 0.2) is 10.7 Å². The quantitative estimate of drug-likeness (QED) is 0.411. The summed E-state index contributed by atoms with van der Waals surface area (Å²) in [5.74, 6) is -0.152. The highest BCUT2D eigenvalue weighted by Crippen LogP contribution is 2.22. The number of amides is 2. The molecule has 0 aliphatic rings. The van der Waals surface area contributed by atoms with E-state index in [1.807, 2.05) is 6.07 Å². The predicted octanol–water partition coefficient (Wildman–Crippen LogP) is 5.31. The number of halogens is 1. The number of rotatable bonds is 9. The number of nitrogens with one attached hydrogen (secondary N) is 1. The van der Waals surface area contributed by atoms with E-state index in [2.05, 4.69) is 40.3 Å². The smallest absolute Gasteiger partial charge is 0.410 e. The van der Waals surface area contributed by atoms with Crippen LogP contribution in [0.4, 0.5) is 10.5 Å². The third kappa shape index (κ3) is 8.76. The SMILES string of the molecule is CCc1cc(Br)ccc1CCCC(=O)Nc1ccc([SH](=O)=O)c(CN(C)C(=O)OC(C)(C)C)c1. The molecule has 0 spiro atoms. The number of carbonyl (C=O) groups excluding carboxylic acids is 2. The van der Waals surface area contributed by atoms with Crippen LogP contribution in [0.15, 0.2) is 45.8 Å². The Bertz CT molecular complexity index is 1100. The van der Waals surface area contributed by atoms with Crippen LogP contribution in [0.1, 0.15) is 57.2 Å².